The molecule has 0 rings (SSSR count). The van der Waals surface area contributed by atoms with Crippen LogP contribution in [0.4, 0.5) is 0 Å². The van der Waals surface area contributed by atoms with Gasteiger partial charge in [0.1, 0.15) is 0 Å². The Labute approximate surface area is 101 Å². The molecular weight excluding hydrogens is 200 g/mol. The van der Waals surface area contributed by atoms with Crippen molar-refractivity contribution in [2.45, 2.75) is 84.1 Å². The maximum Gasteiger partial charge on any atom is 0.0670 e. The number of nitrogens with two attached hydrogens (primary N) is 2. The summed E-state index contributed by atoms with van der Waals surface area (Å²) in [4.78, 5) is 0. The Hall–Kier alpha value is -0.120. The average molecular weight is 230 g/mol. The lowest BCUT2D eigenvalue weighted by atomic mass is 9.93. The van der Waals surface area contributed by atoms with Gasteiger partial charge in [-0.05, 0) is 53.9 Å². The minimum Gasteiger partial charge on any atom is -0.372 e. The van der Waals surface area contributed by atoms with E-state index >= 15 is 0 Å². The highest BCUT2D eigenvalue weighted by Gasteiger charge is 2.28. The van der Waals surface area contributed by atoms with Crippen LogP contribution in [0.15, 0.2) is 0 Å². The van der Waals surface area contributed by atoms with Gasteiger partial charge >= 0.3 is 0 Å². The van der Waals surface area contributed by atoms with Crippen LogP contribution in [0.5, 0.6) is 0 Å². The van der Waals surface area contributed by atoms with Crippen LogP contribution in [0.1, 0.15) is 60.8 Å². The van der Waals surface area contributed by atoms with Gasteiger partial charge in [0, 0.05) is 11.6 Å². The molecular formula is C13H30N2O. The second kappa shape index (κ2) is 5.99. The number of ether oxygens (including phenoxy) is 1. The molecule has 0 bridgehead atoms. The molecule has 0 aromatic rings. The van der Waals surface area contributed by atoms with Gasteiger partial charge < -0.3 is 16.2 Å². The van der Waals surface area contributed by atoms with E-state index in [1.54, 1.807) is 0 Å². The summed E-state index contributed by atoms with van der Waals surface area (Å²) in [6.45, 7) is 12.4. The summed E-state index contributed by atoms with van der Waals surface area (Å²) in [6.07, 6.45) is 2.90. The van der Waals surface area contributed by atoms with E-state index in [-0.39, 0.29) is 23.3 Å². The molecule has 0 fully saturated rings. The maximum absolute atomic E-state index is 6.11. The van der Waals surface area contributed by atoms with Crippen molar-refractivity contribution in [2.24, 2.45) is 11.5 Å². The second-order valence-corrected chi connectivity index (χ2v) is 6.11. The van der Waals surface area contributed by atoms with Gasteiger partial charge in [-0.2, -0.15) is 0 Å². The molecule has 4 N–H and O–H groups in total. The molecule has 0 amide bonds. The van der Waals surface area contributed by atoms with Gasteiger partial charge in [-0.15, -0.1) is 0 Å². The topological polar surface area (TPSA) is 61.3 Å². The second-order valence-electron chi connectivity index (χ2n) is 6.11. The van der Waals surface area contributed by atoms with Gasteiger partial charge in [-0.3, -0.25) is 0 Å². The molecule has 3 heteroatoms. The van der Waals surface area contributed by atoms with E-state index in [9.17, 15) is 0 Å². The van der Waals surface area contributed by atoms with E-state index < -0.39 is 0 Å². The van der Waals surface area contributed by atoms with Gasteiger partial charge in [-0.1, -0.05) is 6.92 Å². The fourth-order valence-electron chi connectivity index (χ4n) is 2.23. The van der Waals surface area contributed by atoms with Crippen LogP contribution in [0.3, 0.4) is 0 Å². The predicted molar refractivity (Wildman–Crippen MR) is 70.4 cm³/mol. The molecule has 3 unspecified atom stereocenters. The zero-order valence-corrected chi connectivity index (χ0v) is 11.8. The van der Waals surface area contributed by atoms with Crippen molar-refractivity contribution in [1.29, 1.82) is 0 Å². The molecule has 0 aromatic carbocycles. The van der Waals surface area contributed by atoms with Gasteiger partial charge in [0.25, 0.3) is 0 Å². The lowest BCUT2D eigenvalue weighted by Gasteiger charge is -2.35. The third-order valence-electron chi connectivity index (χ3n) is 2.80. The van der Waals surface area contributed by atoms with Crippen molar-refractivity contribution in [1.82, 2.24) is 0 Å². The predicted octanol–water partition coefficient (Wildman–Crippen LogP) is 2.42. The van der Waals surface area contributed by atoms with Crippen molar-refractivity contribution in [3.63, 3.8) is 0 Å². The molecule has 0 aliphatic heterocycles. The molecule has 0 spiro atoms. The Morgan fingerprint density at radius 3 is 1.94 bits per heavy atom. The lowest BCUT2D eigenvalue weighted by molar-refractivity contribution is -0.0920. The SMILES string of the molecule is CCC(C)(CC(C)N)OC(C)CC(C)(C)N. The molecule has 98 valence electrons. The number of rotatable bonds is 7. The van der Waals surface area contributed by atoms with E-state index in [4.69, 9.17) is 16.2 Å². The third kappa shape index (κ3) is 7.20. The lowest BCUT2D eigenvalue weighted by Crippen LogP contribution is -2.42. The first-order valence-electron chi connectivity index (χ1n) is 6.30. The summed E-state index contributed by atoms with van der Waals surface area (Å²) in [5.41, 5.74) is 11.5. The highest BCUT2D eigenvalue weighted by atomic mass is 16.5. The molecule has 0 heterocycles. The van der Waals surface area contributed by atoms with Crippen molar-refractivity contribution < 1.29 is 4.74 Å². The number of hydrogen-bond acceptors (Lipinski definition) is 3. The fraction of sp³-hybridized carbons (Fsp3) is 1.00. The molecule has 16 heavy (non-hydrogen) atoms. The molecule has 0 aromatic heterocycles. The first-order chi connectivity index (χ1) is 7.08. The van der Waals surface area contributed by atoms with E-state index in [2.05, 4.69) is 20.8 Å². The quantitative estimate of drug-likeness (QED) is 0.706. The molecule has 0 radical (unpaired) electrons. The summed E-state index contributed by atoms with van der Waals surface area (Å²) in [5, 5.41) is 0. The summed E-state index contributed by atoms with van der Waals surface area (Å²) in [5.74, 6) is 0. The highest BCUT2D eigenvalue weighted by Crippen LogP contribution is 2.25. The van der Waals surface area contributed by atoms with Crippen molar-refractivity contribution in [2.75, 3.05) is 0 Å². The van der Waals surface area contributed by atoms with Crippen LogP contribution in [0.2, 0.25) is 0 Å². The van der Waals surface area contributed by atoms with E-state index in [0.29, 0.717) is 0 Å². The van der Waals surface area contributed by atoms with Crippen LogP contribution in [0.25, 0.3) is 0 Å². The van der Waals surface area contributed by atoms with Crippen LogP contribution in [-0.2, 0) is 4.74 Å². The van der Waals surface area contributed by atoms with Gasteiger partial charge in [0.2, 0.25) is 0 Å². The van der Waals surface area contributed by atoms with Gasteiger partial charge in [0.15, 0.2) is 0 Å². The Morgan fingerprint density at radius 1 is 1.12 bits per heavy atom. The zero-order valence-electron chi connectivity index (χ0n) is 11.8. The van der Waals surface area contributed by atoms with Crippen LogP contribution in [-0.4, -0.2) is 23.3 Å². The Morgan fingerprint density at radius 2 is 1.62 bits per heavy atom. The first-order valence-corrected chi connectivity index (χ1v) is 6.30. The molecule has 3 atom stereocenters. The van der Waals surface area contributed by atoms with Crippen LogP contribution >= 0.6 is 0 Å². The summed E-state index contributed by atoms with van der Waals surface area (Å²) in [6, 6.07) is 0.169. The normalized spacial score (nSPS) is 20.2. The third-order valence-corrected chi connectivity index (χ3v) is 2.80. The first kappa shape index (κ1) is 15.9. The van der Waals surface area contributed by atoms with E-state index in [1.807, 2.05) is 20.8 Å². The highest BCUT2D eigenvalue weighted by molar-refractivity contribution is 4.81. The Balaban J connectivity index is 4.30. The molecule has 0 aliphatic carbocycles. The minimum absolute atomic E-state index is 0.126. The van der Waals surface area contributed by atoms with E-state index in [0.717, 1.165) is 19.3 Å². The van der Waals surface area contributed by atoms with Gasteiger partial charge in [0.05, 0.1) is 11.7 Å². The molecule has 0 saturated carbocycles. The Bertz CT molecular complexity index is 199. The summed E-state index contributed by atoms with van der Waals surface area (Å²) < 4.78 is 6.11. The monoisotopic (exact) mass is 230 g/mol. The van der Waals surface area contributed by atoms with Crippen molar-refractivity contribution in [3.05, 3.63) is 0 Å². The van der Waals surface area contributed by atoms with Crippen molar-refractivity contribution in [3.8, 4) is 0 Å². The standard InChI is InChI=1S/C13H30N2O/c1-7-13(6,8-10(2)14)16-11(3)9-12(4,5)15/h10-11H,7-9,14-15H2,1-6H3. The zero-order chi connectivity index (χ0) is 13.0. The molecule has 3 nitrogen and oxygen atoms in total. The maximum atomic E-state index is 6.11. The van der Waals surface area contributed by atoms with Gasteiger partial charge in [-0.25, -0.2) is 0 Å². The minimum atomic E-state index is -0.178. The summed E-state index contributed by atoms with van der Waals surface area (Å²) >= 11 is 0. The fourth-order valence-corrected chi connectivity index (χ4v) is 2.23. The van der Waals surface area contributed by atoms with Crippen LogP contribution < -0.4 is 11.5 Å². The summed E-state index contributed by atoms with van der Waals surface area (Å²) in [7, 11) is 0. The average Bonchev–Trinajstić information content (AvgIpc) is 1.98. The molecule has 0 aliphatic rings. The van der Waals surface area contributed by atoms with Crippen molar-refractivity contribution >= 4 is 0 Å². The Kier molecular flexibility index (Phi) is 5.94. The largest absolute Gasteiger partial charge is 0.372 e. The smallest absolute Gasteiger partial charge is 0.0670 e. The van der Waals surface area contributed by atoms with Crippen LogP contribution in [0, 0.1) is 0 Å². The van der Waals surface area contributed by atoms with E-state index in [1.165, 1.54) is 0 Å². The molecule has 0 saturated heterocycles. The number of hydrogen-bond donors (Lipinski definition) is 2.